The fraction of sp³-hybridized carbons (Fsp3) is 0.316. The van der Waals surface area contributed by atoms with Gasteiger partial charge in [0.1, 0.15) is 17.8 Å². The molecule has 0 saturated heterocycles. The first-order valence-electron chi connectivity index (χ1n) is 16.6. The number of nitriles is 1. The Balaban J connectivity index is 1.30. The summed E-state index contributed by atoms with van der Waals surface area (Å²) in [7, 11) is 6.00. The monoisotopic (exact) mass is 682 g/mol. The van der Waals surface area contributed by atoms with E-state index in [1.165, 1.54) is 40.3 Å². The molecule has 1 aliphatic rings. The van der Waals surface area contributed by atoms with Crippen molar-refractivity contribution < 1.29 is 22.4 Å². The molecular weight excluding hydrogens is 643 g/mol. The summed E-state index contributed by atoms with van der Waals surface area (Å²) < 4.78 is 46.0. The molecule has 12 heteroatoms. The second-order valence-corrected chi connectivity index (χ2v) is 13.7. The molecule has 50 heavy (non-hydrogen) atoms. The molecule has 9 nitrogen and oxygen atoms in total. The van der Waals surface area contributed by atoms with Gasteiger partial charge in [0, 0.05) is 24.6 Å². The van der Waals surface area contributed by atoms with E-state index in [9.17, 15) is 28.0 Å². The van der Waals surface area contributed by atoms with Gasteiger partial charge in [-0.3, -0.25) is 14.3 Å². The maximum atomic E-state index is 14.2. The number of hydrogen-bond donors (Lipinski definition) is 1. The Morgan fingerprint density at radius 2 is 1.66 bits per heavy atom. The third kappa shape index (κ3) is 7.28. The Morgan fingerprint density at radius 3 is 2.32 bits per heavy atom. The van der Waals surface area contributed by atoms with Crippen LogP contribution in [0.2, 0.25) is 0 Å². The minimum atomic E-state index is -4.63. The van der Waals surface area contributed by atoms with Gasteiger partial charge in [-0.15, -0.1) is 0 Å². The van der Waals surface area contributed by atoms with Crippen molar-refractivity contribution in [2.75, 3.05) is 20.6 Å². The fourth-order valence-electron chi connectivity index (χ4n) is 7.16. The lowest BCUT2D eigenvalue weighted by Crippen LogP contribution is -2.45. The summed E-state index contributed by atoms with van der Waals surface area (Å²) in [5.41, 5.74) is 0.986. The molecule has 5 aromatic rings. The highest BCUT2D eigenvalue weighted by Crippen LogP contribution is 2.32. The molecule has 6 rings (SSSR count). The summed E-state index contributed by atoms with van der Waals surface area (Å²) in [4.78, 5) is 28.3. The number of alkyl halides is 3. The molecule has 0 aliphatic heterocycles. The van der Waals surface area contributed by atoms with Crippen molar-refractivity contribution in [3.63, 3.8) is 0 Å². The quantitative estimate of drug-likeness (QED) is 0.180. The van der Waals surface area contributed by atoms with Crippen molar-refractivity contribution in [1.82, 2.24) is 24.5 Å². The van der Waals surface area contributed by atoms with E-state index in [0.717, 1.165) is 60.1 Å². The maximum Gasteiger partial charge on any atom is 0.416 e. The summed E-state index contributed by atoms with van der Waals surface area (Å²) >= 11 is 0. The van der Waals surface area contributed by atoms with Crippen LogP contribution in [0.3, 0.4) is 0 Å². The Labute approximate surface area is 288 Å². The van der Waals surface area contributed by atoms with Gasteiger partial charge in [0.05, 0.1) is 61.1 Å². The number of halogens is 3. The fourth-order valence-corrected chi connectivity index (χ4v) is 7.16. The summed E-state index contributed by atoms with van der Waals surface area (Å²) in [6.45, 7) is 1.92. The summed E-state index contributed by atoms with van der Waals surface area (Å²) in [5.74, 6) is -0.114. The zero-order valence-corrected chi connectivity index (χ0v) is 28.2. The zero-order chi connectivity index (χ0) is 35.6. The highest BCUT2D eigenvalue weighted by molar-refractivity contribution is 6.00. The van der Waals surface area contributed by atoms with Gasteiger partial charge in [0.25, 0.3) is 11.5 Å². The van der Waals surface area contributed by atoms with Crippen LogP contribution in [0.5, 0.6) is 0 Å². The molecule has 3 aromatic carbocycles. The van der Waals surface area contributed by atoms with Gasteiger partial charge in [0.15, 0.2) is 0 Å². The lowest BCUT2D eigenvalue weighted by Gasteiger charge is -2.36. The smallest absolute Gasteiger partial charge is 0.349 e. The van der Waals surface area contributed by atoms with Crippen LogP contribution in [0.25, 0.3) is 22.8 Å². The van der Waals surface area contributed by atoms with Crippen molar-refractivity contribution in [3.8, 4) is 28.8 Å². The predicted octanol–water partition coefficient (Wildman–Crippen LogP) is 6.48. The molecule has 1 N–H and O–H groups in total. The molecule has 0 bridgehead atoms. The van der Waals surface area contributed by atoms with E-state index in [1.54, 1.807) is 30.3 Å². The summed E-state index contributed by atoms with van der Waals surface area (Å²) in [6.07, 6.45) is 0.215. The second-order valence-electron chi connectivity index (χ2n) is 13.7. The highest BCUT2D eigenvalue weighted by Gasteiger charge is 2.34. The van der Waals surface area contributed by atoms with E-state index < -0.39 is 23.2 Å². The van der Waals surface area contributed by atoms with E-state index in [4.69, 9.17) is 0 Å². The van der Waals surface area contributed by atoms with Gasteiger partial charge in [-0.1, -0.05) is 36.4 Å². The molecule has 2 heterocycles. The van der Waals surface area contributed by atoms with Crippen LogP contribution in [0.1, 0.15) is 52.7 Å². The molecule has 1 fully saturated rings. The molecular formula is C38H39F3N7O2+. The van der Waals surface area contributed by atoms with Crippen molar-refractivity contribution in [3.05, 3.63) is 124 Å². The van der Waals surface area contributed by atoms with E-state index in [1.807, 2.05) is 6.07 Å². The number of aromatic nitrogens is 4. The van der Waals surface area contributed by atoms with Crippen LogP contribution in [-0.2, 0) is 19.8 Å². The Bertz CT molecular complexity index is 2080. The van der Waals surface area contributed by atoms with E-state index in [2.05, 4.69) is 54.8 Å². The van der Waals surface area contributed by atoms with Gasteiger partial charge < -0.3 is 9.80 Å². The molecule has 0 atom stereocenters. The van der Waals surface area contributed by atoms with Crippen molar-refractivity contribution in [1.29, 1.82) is 5.26 Å². The number of hydrogen-bond acceptors (Lipinski definition) is 4. The molecule has 258 valence electrons. The van der Waals surface area contributed by atoms with Crippen LogP contribution in [-0.4, -0.2) is 56.2 Å². The first-order valence-corrected chi connectivity index (χ1v) is 16.6. The van der Waals surface area contributed by atoms with Gasteiger partial charge in [-0.2, -0.15) is 23.5 Å². The molecule has 1 saturated carbocycles. The molecule has 0 unspecified atom stereocenters. The van der Waals surface area contributed by atoms with E-state index in [-0.39, 0.29) is 23.0 Å². The van der Waals surface area contributed by atoms with Gasteiger partial charge in [-0.25, -0.2) is 9.36 Å². The largest absolute Gasteiger partial charge is 0.416 e. The normalized spacial score (nSPS) is 16.6. The maximum absolute atomic E-state index is 14.2. The van der Waals surface area contributed by atoms with Crippen LogP contribution in [0.15, 0.2) is 95.9 Å². The van der Waals surface area contributed by atoms with Crippen molar-refractivity contribution >= 4 is 5.91 Å². The van der Waals surface area contributed by atoms with Gasteiger partial charge in [-0.05, 0) is 74.2 Å². The molecule has 1 amide bonds. The first-order chi connectivity index (χ1) is 23.8. The SMILES string of the molecule is Cn1c(-c2ccnn2-c2ccc(C#N)cc2)c(C(=O)NC2CCC(C[N+](C)(C)Cc3ccccc3)CC2)c(=O)n1-c1cccc(C(F)(F)F)c1. The Morgan fingerprint density at radius 1 is 0.960 bits per heavy atom. The number of nitrogens with one attached hydrogen (secondary N) is 1. The molecule has 2 aromatic heterocycles. The molecule has 0 spiro atoms. The second kappa shape index (κ2) is 13.8. The number of rotatable bonds is 9. The highest BCUT2D eigenvalue weighted by atomic mass is 19.4. The number of carbonyl (C=O) groups excluding carboxylic acids is 1. The molecule has 0 radical (unpaired) electrons. The summed E-state index contributed by atoms with van der Waals surface area (Å²) in [6, 6.07) is 25.0. The van der Waals surface area contributed by atoms with Crippen LogP contribution < -0.4 is 10.9 Å². The third-order valence-corrected chi connectivity index (χ3v) is 9.43. The van der Waals surface area contributed by atoms with E-state index >= 15 is 0 Å². The number of amides is 1. The number of quaternary nitrogens is 1. The summed E-state index contributed by atoms with van der Waals surface area (Å²) in [5, 5.41) is 16.8. The lowest BCUT2D eigenvalue weighted by atomic mass is 9.85. The van der Waals surface area contributed by atoms with Gasteiger partial charge in [0.2, 0.25) is 0 Å². The number of carbonyl (C=O) groups is 1. The minimum Gasteiger partial charge on any atom is -0.349 e. The zero-order valence-electron chi connectivity index (χ0n) is 28.2. The van der Waals surface area contributed by atoms with E-state index in [0.29, 0.717) is 22.9 Å². The van der Waals surface area contributed by atoms with Crippen LogP contribution in [0, 0.1) is 17.2 Å². The van der Waals surface area contributed by atoms with Crippen molar-refractivity contribution in [2.45, 2.75) is 44.4 Å². The van der Waals surface area contributed by atoms with Crippen LogP contribution in [0.4, 0.5) is 13.2 Å². The average molecular weight is 683 g/mol. The average Bonchev–Trinajstić information content (AvgIpc) is 3.67. The first kappa shape index (κ1) is 34.5. The third-order valence-electron chi connectivity index (χ3n) is 9.43. The Hall–Kier alpha value is -5.41. The minimum absolute atomic E-state index is 0.0335. The molecule has 1 aliphatic carbocycles. The number of nitrogens with zero attached hydrogens (tertiary/aromatic N) is 6. The topological polar surface area (TPSA) is 97.6 Å². The Kier molecular flexibility index (Phi) is 9.54. The van der Waals surface area contributed by atoms with Gasteiger partial charge >= 0.3 is 6.18 Å². The predicted molar refractivity (Wildman–Crippen MR) is 184 cm³/mol. The lowest BCUT2D eigenvalue weighted by molar-refractivity contribution is -0.907. The van der Waals surface area contributed by atoms with Crippen LogP contribution >= 0.6 is 0 Å². The standard InChI is InChI=1S/C38H38F3N7O2/c1-45-35(33-20-21-43-46(33)31-18-14-26(23-42)15-19-31)34(37(50)47(45)32-11-7-10-29(22-32)38(39,40)41)36(49)44-30-16-12-28(13-17-30)25-48(2,3)24-27-8-5-4-6-9-27/h4-11,14-15,18-22,28,30H,12-13,16-17,24-25H2,1-3H3/p+1. The van der Waals surface area contributed by atoms with Crippen molar-refractivity contribution in [2.24, 2.45) is 13.0 Å². The number of benzene rings is 3.